The number of primary amides is 1. The number of aliphatic hydroxyl groups is 1. The van der Waals surface area contributed by atoms with Crippen LogP contribution < -0.4 is 25.8 Å². The number of fused-ring (bicyclic) bond motifs is 1. The summed E-state index contributed by atoms with van der Waals surface area (Å²) in [6.45, 7) is 8.30. The Morgan fingerprint density at radius 2 is 1.89 bits per heavy atom. The molecule has 1 atom stereocenters. The highest BCUT2D eigenvalue weighted by atomic mass is 16.5. The topological polar surface area (TPSA) is 136 Å². The maximum absolute atomic E-state index is 12.3. The summed E-state index contributed by atoms with van der Waals surface area (Å²) in [6, 6.07) is 16.3. The number of aliphatic hydroxyl groups excluding tert-OH is 1. The predicted octanol–water partition coefficient (Wildman–Crippen LogP) is 3.55. The van der Waals surface area contributed by atoms with Crippen LogP contribution in [-0.2, 0) is 16.6 Å². The van der Waals surface area contributed by atoms with E-state index < -0.39 is 17.4 Å². The molecular weight excluding hydrogens is 484 g/mol. The molecule has 200 valence electrons. The van der Waals surface area contributed by atoms with Crippen molar-refractivity contribution >= 4 is 17.5 Å². The molecule has 38 heavy (non-hydrogen) atoms. The van der Waals surface area contributed by atoms with Gasteiger partial charge in [-0.1, -0.05) is 18.2 Å². The Bertz CT molecular complexity index is 1300. The van der Waals surface area contributed by atoms with E-state index in [1.54, 1.807) is 12.1 Å². The molecule has 0 saturated heterocycles. The number of nitrogens with zero attached hydrogens (tertiary/aromatic N) is 1. The number of nitrogens with one attached hydrogen (secondary N) is 2. The molecule has 3 aromatic rings. The number of carbonyl (C=O) groups excluding carboxylic acids is 2. The Kier molecular flexibility index (Phi) is 7.71. The largest absolute Gasteiger partial charge is 0.490 e. The highest BCUT2D eigenvalue weighted by Crippen LogP contribution is 2.43. The normalized spacial score (nSPS) is 14.9. The second-order valence-electron chi connectivity index (χ2n) is 10.7. The van der Waals surface area contributed by atoms with Gasteiger partial charge in [-0.2, -0.15) is 0 Å². The molecule has 1 aliphatic rings. The zero-order valence-corrected chi connectivity index (χ0v) is 22.1. The van der Waals surface area contributed by atoms with Gasteiger partial charge in [0.25, 0.3) is 0 Å². The molecule has 0 bridgehead atoms. The summed E-state index contributed by atoms with van der Waals surface area (Å²) < 4.78 is 11.7. The number of anilines is 1. The smallest absolute Gasteiger partial charge is 0.250 e. The molecule has 9 nitrogen and oxygen atoms in total. The van der Waals surface area contributed by atoms with Crippen LogP contribution in [0.3, 0.4) is 0 Å². The number of pyridine rings is 1. The number of aromatic nitrogens is 1. The van der Waals surface area contributed by atoms with Gasteiger partial charge in [0.2, 0.25) is 17.7 Å². The quantitative estimate of drug-likeness (QED) is 0.305. The van der Waals surface area contributed by atoms with E-state index in [-0.39, 0.29) is 18.1 Å². The van der Waals surface area contributed by atoms with Crippen molar-refractivity contribution in [2.45, 2.75) is 51.2 Å². The Labute approximate surface area is 222 Å². The standard InChI is InChI=1S/C29H34N4O5/c1-28(2,14-18-8-11-21(12-9-18)38-24-13-10-19(15-31-24)26(30)35)32-16-20(34)17-37-23-7-5-6-22-25(23)29(3,4)27(36)33-22/h5-13,15,20,32,34H,14,16-17H2,1-4H3,(H2,30,35)(H,33,36)/t20-/m0/s1. The van der Waals surface area contributed by atoms with Crippen LogP contribution in [0.25, 0.3) is 0 Å². The van der Waals surface area contributed by atoms with Crippen molar-refractivity contribution in [2.75, 3.05) is 18.5 Å². The first-order chi connectivity index (χ1) is 17.9. The van der Waals surface area contributed by atoms with Crippen molar-refractivity contribution in [3.8, 4) is 17.4 Å². The average molecular weight is 519 g/mol. The van der Waals surface area contributed by atoms with Crippen LogP contribution in [0, 0.1) is 0 Å². The maximum Gasteiger partial charge on any atom is 0.250 e. The Morgan fingerprint density at radius 1 is 1.16 bits per heavy atom. The Hall–Kier alpha value is -3.95. The molecule has 2 aromatic carbocycles. The molecular formula is C29H34N4O5. The monoisotopic (exact) mass is 518 g/mol. The van der Waals surface area contributed by atoms with Gasteiger partial charge in [-0.3, -0.25) is 9.59 Å². The number of nitrogens with two attached hydrogens (primary N) is 1. The third kappa shape index (κ3) is 6.30. The van der Waals surface area contributed by atoms with E-state index in [0.717, 1.165) is 23.2 Å². The molecule has 1 aromatic heterocycles. The lowest BCUT2D eigenvalue weighted by atomic mass is 9.85. The minimum absolute atomic E-state index is 0.0670. The Balaban J connectivity index is 1.27. The number of hydrogen-bond donors (Lipinski definition) is 4. The van der Waals surface area contributed by atoms with Crippen molar-refractivity contribution in [1.29, 1.82) is 0 Å². The van der Waals surface area contributed by atoms with E-state index in [9.17, 15) is 14.7 Å². The summed E-state index contributed by atoms with van der Waals surface area (Å²) >= 11 is 0. The van der Waals surface area contributed by atoms with Crippen molar-refractivity contribution in [2.24, 2.45) is 5.73 Å². The third-order valence-corrected chi connectivity index (χ3v) is 6.53. The van der Waals surface area contributed by atoms with Gasteiger partial charge in [-0.25, -0.2) is 4.98 Å². The fraction of sp³-hybridized carbons (Fsp3) is 0.345. The summed E-state index contributed by atoms with van der Waals surface area (Å²) in [5.41, 5.74) is 7.23. The minimum atomic E-state index is -0.734. The highest BCUT2D eigenvalue weighted by molar-refractivity contribution is 6.06. The molecule has 2 heterocycles. The maximum atomic E-state index is 12.3. The number of β-amino-alcohol motifs (C(OH)–C–C–N with tert-alkyl or cyclic N) is 1. The van der Waals surface area contributed by atoms with Crippen LogP contribution in [0.1, 0.15) is 49.2 Å². The molecule has 0 saturated carbocycles. The van der Waals surface area contributed by atoms with Gasteiger partial charge in [-0.15, -0.1) is 0 Å². The molecule has 0 aliphatic carbocycles. The highest BCUT2D eigenvalue weighted by Gasteiger charge is 2.41. The number of amides is 2. The summed E-state index contributed by atoms with van der Waals surface area (Å²) in [5, 5.41) is 16.9. The second-order valence-corrected chi connectivity index (χ2v) is 10.7. The van der Waals surface area contributed by atoms with Crippen LogP contribution in [0.2, 0.25) is 0 Å². The van der Waals surface area contributed by atoms with Gasteiger partial charge in [-0.05, 0) is 70.0 Å². The van der Waals surface area contributed by atoms with E-state index in [4.69, 9.17) is 15.2 Å². The van der Waals surface area contributed by atoms with E-state index >= 15 is 0 Å². The second kappa shape index (κ2) is 10.8. The molecule has 0 spiro atoms. The Morgan fingerprint density at radius 3 is 2.55 bits per heavy atom. The van der Waals surface area contributed by atoms with Crippen molar-refractivity contribution in [3.05, 3.63) is 77.5 Å². The minimum Gasteiger partial charge on any atom is -0.490 e. The molecule has 4 rings (SSSR count). The van der Waals surface area contributed by atoms with E-state index in [0.29, 0.717) is 29.5 Å². The number of hydrogen-bond acceptors (Lipinski definition) is 7. The third-order valence-electron chi connectivity index (χ3n) is 6.53. The van der Waals surface area contributed by atoms with Crippen LogP contribution >= 0.6 is 0 Å². The van der Waals surface area contributed by atoms with Crippen molar-refractivity contribution in [1.82, 2.24) is 10.3 Å². The van der Waals surface area contributed by atoms with Gasteiger partial charge in [0.15, 0.2) is 0 Å². The van der Waals surface area contributed by atoms with Crippen molar-refractivity contribution in [3.63, 3.8) is 0 Å². The van der Waals surface area contributed by atoms with Crippen LogP contribution in [0.5, 0.6) is 17.4 Å². The zero-order chi connectivity index (χ0) is 27.5. The van der Waals surface area contributed by atoms with Crippen LogP contribution in [0.4, 0.5) is 5.69 Å². The van der Waals surface area contributed by atoms with Gasteiger partial charge in [0.1, 0.15) is 24.2 Å². The van der Waals surface area contributed by atoms with Crippen molar-refractivity contribution < 1.29 is 24.2 Å². The lowest BCUT2D eigenvalue weighted by Crippen LogP contribution is -2.46. The zero-order valence-electron chi connectivity index (χ0n) is 22.1. The molecule has 0 radical (unpaired) electrons. The first-order valence-corrected chi connectivity index (χ1v) is 12.5. The molecule has 9 heteroatoms. The molecule has 1 aliphatic heterocycles. The molecule has 0 fully saturated rings. The van der Waals surface area contributed by atoms with Gasteiger partial charge >= 0.3 is 0 Å². The number of carbonyl (C=O) groups is 2. The summed E-state index contributed by atoms with van der Waals surface area (Å²) in [4.78, 5) is 27.6. The number of benzene rings is 2. The predicted molar refractivity (Wildman–Crippen MR) is 145 cm³/mol. The summed E-state index contributed by atoms with van der Waals surface area (Å²) in [6.07, 6.45) is 1.37. The van der Waals surface area contributed by atoms with E-state index in [2.05, 4.69) is 29.5 Å². The fourth-order valence-electron chi connectivity index (χ4n) is 4.39. The lowest BCUT2D eigenvalue weighted by Gasteiger charge is -2.28. The lowest BCUT2D eigenvalue weighted by molar-refractivity contribution is -0.119. The van der Waals surface area contributed by atoms with Gasteiger partial charge in [0, 0.05) is 35.6 Å². The SMILES string of the molecule is CC(C)(Cc1ccc(Oc2ccc(C(N)=O)cn2)cc1)NC[C@H](O)COc1cccc2c1C(C)(C)C(=O)N2. The number of rotatable bonds is 11. The van der Waals surface area contributed by atoms with Crippen LogP contribution in [-0.4, -0.2) is 46.7 Å². The summed E-state index contributed by atoms with van der Waals surface area (Å²) in [7, 11) is 0. The van der Waals surface area contributed by atoms with E-state index in [1.807, 2.05) is 56.3 Å². The summed E-state index contributed by atoms with van der Waals surface area (Å²) in [5.74, 6) is 0.989. The fourth-order valence-corrected chi connectivity index (χ4v) is 4.39. The van der Waals surface area contributed by atoms with Gasteiger partial charge < -0.3 is 30.9 Å². The van der Waals surface area contributed by atoms with Crippen LogP contribution in [0.15, 0.2) is 60.8 Å². The first-order valence-electron chi connectivity index (χ1n) is 12.5. The van der Waals surface area contributed by atoms with E-state index in [1.165, 1.54) is 6.20 Å². The molecule has 0 unspecified atom stereocenters. The first kappa shape index (κ1) is 27.1. The number of ether oxygens (including phenoxy) is 2. The average Bonchev–Trinajstić information content (AvgIpc) is 3.11. The van der Waals surface area contributed by atoms with Gasteiger partial charge in [0.05, 0.1) is 11.0 Å². The molecule has 2 amide bonds. The molecule has 5 N–H and O–H groups in total.